The fourth-order valence-corrected chi connectivity index (χ4v) is 2.46. The highest BCUT2D eigenvalue weighted by molar-refractivity contribution is 6.02. The van der Waals surface area contributed by atoms with Gasteiger partial charge < -0.3 is 14.6 Å². The average Bonchev–Trinajstić information content (AvgIpc) is 3.34. The van der Waals surface area contributed by atoms with Gasteiger partial charge in [0.25, 0.3) is 5.91 Å². The number of likely N-dealkylation sites (N-methyl/N-ethyl adjacent to an activating group) is 1. The summed E-state index contributed by atoms with van der Waals surface area (Å²) in [7, 11) is 1.72. The number of hydrogen-bond donors (Lipinski definition) is 1. The Morgan fingerprint density at radius 2 is 2.11 bits per heavy atom. The second-order valence-corrected chi connectivity index (χ2v) is 6.12. The summed E-state index contributed by atoms with van der Waals surface area (Å²) in [6.45, 7) is 2.56. The molecule has 0 unspecified atom stereocenters. The molecule has 27 heavy (non-hydrogen) atoms. The number of carbonyl (C=O) groups excluding carboxylic acids is 2. The van der Waals surface area contributed by atoms with Crippen molar-refractivity contribution in [3.8, 4) is 0 Å². The molecule has 0 aliphatic carbocycles. The highest BCUT2D eigenvalue weighted by atomic mass is 16.3. The van der Waals surface area contributed by atoms with Crippen LogP contribution in [0.1, 0.15) is 28.7 Å². The number of anilines is 1. The number of nitrogens with one attached hydrogen (secondary N) is 1. The zero-order chi connectivity index (χ0) is 19.2. The molecule has 2 amide bonds. The lowest BCUT2D eigenvalue weighted by Gasteiger charge is -2.16. The number of rotatable bonds is 7. The van der Waals surface area contributed by atoms with Gasteiger partial charge in [-0.1, -0.05) is 13.0 Å². The quantitative estimate of drug-likeness (QED) is 0.692. The first-order valence-corrected chi connectivity index (χ1v) is 8.60. The zero-order valence-electron chi connectivity index (χ0n) is 15.3. The highest BCUT2D eigenvalue weighted by Gasteiger charge is 2.13. The standard InChI is InChI=1S/C19H21N5O3/c1-3-14-6-7-15(20-9-14)11-23(2)18(25)13-24-12-16(10-21-24)22-19(26)17-5-4-8-27-17/h4-10,12H,3,11,13H2,1-2H3,(H,22,26). The van der Waals surface area contributed by atoms with Gasteiger partial charge in [-0.15, -0.1) is 0 Å². The van der Waals surface area contributed by atoms with E-state index in [1.807, 2.05) is 18.3 Å². The van der Waals surface area contributed by atoms with E-state index in [1.165, 1.54) is 17.1 Å². The van der Waals surface area contributed by atoms with Gasteiger partial charge in [0.05, 0.1) is 30.4 Å². The minimum absolute atomic E-state index is 0.0696. The smallest absolute Gasteiger partial charge is 0.291 e. The first-order valence-electron chi connectivity index (χ1n) is 8.60. The summed E-state index contributed by atoms with van der Waals surface area (Å²) in [6.07, 6.45) is 7.27. The number of nitrogens with zero attached hydrogens (tertiary/aromatic N) is 4. The van der Waals surface area contributed by atoms with Crippen molar-refractivity contribution in [3.05, 3.63) is 66.1 Å². The molecule has 0 aliphatic rings. The molecule has 3 aromatic rings. The lowest BCUT2D eigenvalue weighted by Crippen LogP contribution is -2.30. The molecule has 0 radical (unpaired) electrons. The number of carbonyl (C=O) groups is 2. The van der Waals surface area contributed by atoms with Crippen LogP contribution < -0.4 is 5.32 Å². The third-order valence-electron chi connectivity index (χ3n) is 4.05. The molecule has 0 fully saturated rings. The number of amides is 2. The second kappa shape index (κ2) is 8.31. The Balaban J connectivity index is 1.54. The summed E-state index contributed by atoms with van der Waals surface area (Å²) in [5.41, 5.74) is 2.48. The summed E-state index contributed by atoms with van der Waals surface area (Å²) >= 11 is 0. The molecule has 0 aliphatic heterocycles. The van der Waals surface area contributed by atoms with E-state index in [4.69, 9.17) is 4.42 Å². The van der Waals surface area contributed by atoms with Gasteiger partial charge in [0.2, 0.25) is 5.91 Å². The number of aryl methyl sites for hydroxylation is 1. The number of pyridine rings is 1. The van der Waals surface area contributed by atoms with Gasteiger partial charge in [-0.25, -0.2) is 0 Å². The van der Waals surface area contributed by atoms with E-state index >= 15 is 0 Å². The SMILES string of the molecule is CCc1ccc(CN(C)C(=O)Cn2cc(NC(=O)c3ccco3)cn2)nc1. The molecule has 3 rings (SSSR count). The topological polar surface area (TPSA) is 93.3 Å². The molecule has 8 heteroatoms. The lowest BCUT2D eigenvalue weighted by molar-refractivity contribution is -0.131. The van der Waals surface area contributed by atoms with Crippen molar-refractivity contribution < 1.29 is 14.0 Å². The molecule has 0 saturated carbocycles. The van der Waals surface area contributed by atoms with Crippen molar-refractivity contribution in [2.45, 2.75) is 26.4 Å². The van der Waals surface area contributed by atoms with Crippen molar-refractivity contribution in [2.24, 2.45) is 0 Å². The Bertz CT molecular complexity index is 900. The molecule has 3 heterocycles. The summed E-state index contributed by atoms with van der Waals surface area (Å²) in [4.78, 5) is 30.3. The summed E-state index contributed by atoms with van der Waals surface area (Å²) in [5.74, 6) is -0.270. The van der Waals surface area contributed by atoms with E-state index in [2.05, 4.69) is 22.3 Å². The zero-order valence-corrected chi connectivity index (χ0v) is 15.3. The third kappa shape index (κ3) is 4.81. The Kier molecular flexibility index (Phi) is 5.65. The van der Waals surface area contributed by atoms with Gasteiger partial charge in [0, 0.05) is 19.4 Å². The number of aromatic nitrogens is 3. The van der Waals surface area contributed by atoms with Crippen molar-refractivity contribution in [1.82, 2.24) is 19.7 Å². The number of hydrogen-bond acceptors (Lipinski definition) is 5. The van der Waals surface area contributed by atoms with Crippen LogP contribution in [-0.2, 0) is 24.3 Å². The van der Waals surface area contributed by atoms with Crippen LogP contribution in [0, 0.1) is 0 Å². The predicted molar refractivity (Wildman–Crippen MR) is 99.0 cm³/mol. The molecule has 8 nitrogen and oxygen atoms in total. The molecule has 140 valence electrons. The molecule has 3 aromatic heterocycles. The fraction of sp³-hybridized carbons (Fsp3) is 0.263. The van der Waals surface area contributed by atoms with Crippen LogP contribution in [0.5, 0.6) is 0 Å². The minimum atomic E-state index is -0.371. The van der Waals surface area contributed by atoms with E-state index in [0.29, 0.717) is 12.2 Å². The van der Waals surface area contributed by atoms with Gasteiger partial charge in [0.1, 0.15) is 6.54 Å². The average molecular weight is 367 g/mol. The van der Waals surface area contributed by atoms with Crippen molar-refractivity contribution in [2.75, 3.05) is 12.4 Å². The molecule has 1 N–H and O–H groups in total. The van der Waals surface area contributed by atoms with Crippen LogP contribution in [-0.4, -0.2) is 38.5 Å². The number of furan rings is 1. The fourth-order valence-electron chi connectivity index (χ4n) is 2.46. The molecular formula is C19H21N5O3. The predicted octanol–water partition coefficient (Wildman–Crippen LogP) is 2.34. The lowest BCUT2D eigenvalue weighted by atomic mass is 10.2. The van der Waals surface area contributed by atoms with Crippen LogP contribution in [0.3, 0.4) is 0 Å². The highest BCUT2D eigenvalue weighted by Crippen LogP contribution is 2.10. The van der Waals surface area contributed by atoms with Crippen LogP contribution in [0.15, 0.2) is 53.5 Å². The third-order valence-corrected chi connectivity index (χ3v) is 4.05. The molecule has 0 saturated heterocycles. The molecular weight excluding hydrogens is 346 g/mol. The summed E-state index contributed by atoms with van der Waals surface area (Å²) < 4.78 is 6.51. The molecule has 0 atom stereocenters. The molecule has 0 aromatic carbocycles. The van der Waals surface area contributed by atoms with Gasteiger partial charge in [-0.05, 0) is 30.2 Å². The second-order valence-electron chi connectivity index (χ2n) is 6.12. The first kappa shape index (κ1) is 18.4. The summed E-state index contributed by atoms with van der Waals surface area (Å²) in [6, 6.07) is 7.15. The van der Waals surface area contributed by atoms with E-state index in [0.717, 1.165) is 17.7 Å². The van der Waals surface area contributed by atoms with Gasteiger partial charge in [-0.2, -0.15) is 5.10 Å². The van der Waals surface area contributed by atoms with Crippen molar-refractivity contribution >= 4 is 17.5 Å². The van der Waals surface area contributed by atoms with E-state index in [1.54, 1.807) is 30.3 Å². The normalized spacial score (nSPS) is 10.6. The molecule has 0 spiro atoms. The van der Waals surface area contributed by atoms with Gasteiger partial charge >= 0.3 is 0 Å². The van der Waals surface area contributed by atoms with Gasteiger partial charge in [-0.3, -0.25) is 19.3 Å². The summed E-state index contributed by atoms with van der Waals surface area (Å²) in [5, 5.41) is 6.78. The monoisotopic (exact) mass is 367 g/mol. The molecule has 0 bridgehead atoms. The van der Waals surface area contributed by atoms with E-state index < -0.39 is 0 Å². The Labute approximate surface area is 156 Å². The Morgan fingerprint density at radius 3 is 2.78 bits per heavy atom. The first-order chi connectivity index (χ1) is 13.0. The maximum Gasteiger partial charge on any atom is 0.291 e. The van der Waals surface area contributed by atoms with Crippen molar-refractivity contribution in [3.63, 3.8) is 0 Å². The van der Waals surface area contributed by atoms with Crippen LogP contribution in [0.25, 0.3) is 0 Å². The van der Waals surface area contributed by atoms with E-state index in [-0.39, 0.29) is 24.1 Å². The van der Waals surface area contributed by atoms with Crippen LogP contribution >= 0.6 is 0 Å². The van der Waals surface area contributed by atoms with Crippen molar-refractivity contribution in [1.29, 1.82) is 0 Å². The van der Waals surface area contributed by atoms with Gasteiger partial charge in [0.15, 0.2) is 5.76 Å². The minimum Gasteiger partial charge on any atom is -0.459 e. The Morgan fingerprint density at radius 1 is 1.26 bits per heavy atom. The largest absolute Gasteiger partial charge is 0.459 e. The maximum atomic E-state index is 12.4. The van der Waals surface area contributed by atoms with Crippen LogP contribution in [0.4, 0.5) is 5.69 Å². The van der Waals surface area contributed by atoms with Crippen LogP contribution in [0.2, 0.25) is 0 Å². The van der Waals surface area contributed by atoms with E-state index in [9.17, 15) is 9.59 Å². The Hall–Kier alpha value is -3.42. The maximum absolute atomic E-state index is 12.4.